The maximum absolute atomic E-state index is 11.9. The molecule has 2 rings (SSSR count). The fourth-order valence-corrected chi connectivity index (χ4v) is 1.73. The van der Waals surface area contributed by atoms with Gasteiger partial charge in [-0.1, -0.05) is 0 Å². The quantitative estimate of drug-likeness (QED) is 0.726. The van der Waals surface area contributed by atoms with Crippen LogP contribution in [0.1, 0.15) is 6.42 Å². The molecular weight excluding hydrogens is 192 g/mol. The number of amides is 1. The molecule has 0 radical (unpaired) electrons. The van der Waals surface area contributed by atoms with Crippen molar-refractivity contribution in [2.24, 2.45) is 0 Å². The lowest BCUT2D eigenvalue weighted by atomic mass is 10.4. The molecular formula is C10H16N4O. The predicted molar refractivity (Wildman–Crippen MR) is 56.3 cm³/mol. The largest absolute Gasteiger partial charge is 0.340 e. The van der Waals surface area contributed by atoms with Crippen LogP contribution in [0.3, 0.4) is 0 Å². The predicted octanol–water partition coefficient (Wildman–Crippen LogP) is -0.295. The van der Waals surface area contributed by atoms with Crippen LogP contribution in [0.4, 0.5) is 0 Å². The summed E-state index contributed by atoms with van der Waals surface area (Å²) in [5.74, 6) is 0.178. The molecule has 2 heterocycles. The van der Waals surface area contributed by atoms with Gasteiger partial charge in [0.05, 0.1) is 6.33 Å². The fraction of sp³-hybridized carbons (Fsp3) is 0.600. The van der Waals surface area contributed by atoms with Crippen molar-refractivity contribution >= 4 is 5.91 Å². The summed E-state index contributed by atoms with van der Waals surface area (Å²) in [4.78, 5) is 17.7. The second kappa shape index (κ2) is 4.93. The Labute approximate surface area is 89.1 Å². The third-order valence-electron chi connectivity index (χ3n) is 2.57. The SMILES string of the molecule is O=C(Cn1ccnc1)N1CCCNCC1. The highest BCUT2D eigenvalue weighted by Gasteiger charge is 2.14. The van der Waals surface area contributed by atoms with E-state index in [2.05, 4.69) is 10.3 Å². The summed E-state index contributed by atoms with van der Waals surface area (Å²) < 4.78 is 1.81. The topological polar surface area (TPSA) is 50.2 Å². The maximum atomic E-state index is 11.9. The molecule has 0 unspecified atom stereocenters. The van der Waals surface area contributed by atoms with Gasteiger partial charge >= 0.3 is 0 Å². The maximum Gasteiger partial charge on any atom is 0.242 e. The number of imidazole rings is 1. The Morgan fingerprint density at radius 1 is 1.40 bits per heavy atom. The van der Waals surface area contributed by atoms with Crippen molar-refractivity contribution in [2.75, 3.05) is 26.2 Å². The van der Waals surface area contributed by atoms with Crippen molar-refractivity contribution in [3.63, 3.8) is 0 Å². The number of carbonyl (C=O) groups is 1. The Bertz CT molecular complexity index is 301. The van der Waals surface area contributed by atoms with Crippen LogP contribution in [-0.2, 0) is 11.3 Å². The Morgan fingerprint density at radius 3 is 3.13 bits per heavy atom. The third kappa shape index (κ3) is 2.79. The molecule has 5 heteroatoms. The van der Waals surface area contributed by atoms with E-state index in [1.54, 1.807) is 17.1 Å². The molecule has 1 fully saturated rings. The molecule has 1 aromatic heterocycles. The lowest BCUT2D eigenvalue weighted by Crippen LogP contribution is -2.36. The Kier molecular flexibility index (Phi) is 3.34. The first-order valence-corrected chi connectivity index (χ1v) is 5.30. The van der Waals surface area contributed by atoms with E-state index in [9.17, 15) is 4.79 Å². The molecule has 0 aliphatic carbocycles. The van der Waals surface area contributed by atoms with Gasteiger partial charge in [-0.25, -0.2) is 4.98 Å². The zero-order valence-corrected chi connectivity index (χ0v) is 8.72. The minimum atomic E-state index is 0.178. The van der Waals surface area contributed by atoms with E-state index >= 15 is 0 Å². The van der Waals surface area contributed by atoms with Crippen molar-refractivity contribution in [1.29, 1.82) is 0 Å². The summed E-state index contributed by atoms with van der Waals surface area (Å²) in [6.07, 6.45) is 6.22. The number of rotatable bonds is 2. The number of nitrogens with one attached hydrogen (secondary N) is 1. The number of aromatic nitrogens is 2. The van der Waals surface area contributed by atoms with Gasteiger partial charge in [-0.05, 0) is 13.0 Å². The number of nitrogens with zero attached hydrogens (tertiary/aromatic N) is 3. The van der Waals surface area contributed by atoms with Crippen LogP contribution in [0.5, 0.6) is 0 Å². The van der Waals surface area contributed by atoms with E-state index in [1.807, 2.05) is 11.1 Å². The van der Waals surface area contributed by atoms with E-state index in [4.69, 9.17) is 0 Å². The zero-order chi connectivity index (χ0) is 10.5. The normalized spacial score (nSPS) is 17.5. The first kappa shape index (κ1) is 10.2. The first-order chi connectivity index (χ1) is 7.36. The average Bonchev–Trinajstić information content (AvgIpc) is 2.58. The highest BCUT2D eigenvalue weighted by atomic mass is 16.2. The van der Waals surface area contributed by atoms with Crippen LogP contribution in [0.2, 0.25) is 0 Å². The standard InChI is InChI=1S/C10H16N4O/c15-10(8-13-6-3-12-9-13)14-5-1-2-11-4-7-14/h3,6,9,11H,1-2,4-5,7-8H2. The first-order valence-electron chi connectivity index (χ1n) is 5.30. The minimum Gasteiger partial charge on any atom is -0.340 e. The Hall–Kier alpha value is -1.36. The smallest absolute Gasteiger partial charge is 0.242 e. The molecule has 1 aromatic rings. The van der Waals surface area contributed by atoms with E-state index < -0.39 is 0 Å². The molecule has 0 bridgehead atoms. The van der Waals surface area contributed by atoms with Gasteiger partial charge in [-0.15, -0.1) is 0 Å². The monoisotopic (exact) mass is 208 g/mol. The molecule has 0 aromatic carbocycles. The highest BCUT2D eigenvalue weighted by Crippen LogP contribution is 1.98. The van der Waals surface area contributed by atoms with Crippen molar-refractivity contribution in [3.8, 4) is 0 Å². The van der Waals surface area contributed by atoms with Crippen molar-refractivity contribution in [1.82, 2.24) is 19.8 Å². The second-order valence-electron chi connectivity index (χ2n) is 3.72. The van der Waals surface area contributed by atoms with Gasteiger partial charge in [0, 0.05) is 32.0 Å². The molecule has 1 amide bonds. The Balaban J connectivity index is 1.89. The van der Waals surface area contributed by atoms with Gasteiger partial charge in [-0.3, -0.25) is 4.79 Å². The van der Waals surface area contributed by atoms with Gasteiger partial charge < -0.3 is 14.8 Å². The molecule has 1 aliphatic heterocycles. The Morgan fingerprint density at radius 2 is 2.33 bits per heavy atom. The molecule has 0 spiro atoms. The fourth-order valence-electron chi connectivity index (χ4n) is 1.73. The van der Waals surface area contributed by atoms with Crippen LogP contribution < -0.4 is 5.32 Å². The van der Waals surface area contributed by atoms with Gasteiger partial charge in [0.2, 0.25) is 5.91 Å². The molecule has 1 aliphatic rings. The van der Waals surface area contributed by atoms with Crippen LogP contribution in [0.25, 0.3) is 0 Å². The molecule has 5 nitrogen and oxygen atoms in total. The van der Waals surface area contributed by atoms with E-state index in [-0.39, 0.29) is 5.91 Å². The van der Waals surface area contributed by atoms with Crippen LogP contribution in [0, 0.1) is 0 Å². The van der Waals surface area contributed by atoms with Gasteiger partial charge in [0.1, 0.15) is 6.54 Å². The van der Waals surface area contributed by atoms with E-state index in [0.29, 0.717) is 6.54 Å². The summed E-state index contributed by atoms with van der Waals surface area (Å²) in [7, 11) is 0. The summed E-state index contributed by atoms with van der Waals surface area (Å²) >= 11 is 0. The van der Waals surface area contributed by atoms with Crippen molar-refractivity contribution in [3.05, 3.63) is 18.7 Å². The minimum absolute atomic E-state index is 0.178. The second-order valence-corrected chi connectivity index (χ2v) is 3.72. The molecule has 1 saturated heterocycles. The zero-order valence-electron chi connectivity index (χ0n) is 8.72. The van der Waals surface area contributed by atoms with Crippen molar-refractivity contribution in [2.45, 2.75) is 13.0 Å². The molecule has 1 N–H and O–H groups in total. The molecule has 0 saturated carbocycles. The van der Waals surface area contributed by atoms with Gasteiger partial charge in [-0.2, -0.15) is 0 Å². The lowest BCUT2D eigenvalue weighted by molar-refractivity contribution is -0.131. The summed E-state index contributed by atoms with van der Waals surface area (Å²) in [5.41, 5.74) is 0. The summed E-state index contributed by atoms with van der Waals surface area (Å²) in [6.45, 7) is 3.98. The van der Waals surface area contributed by atoms with Gasteiger partial charge in [0.15, 0.2) is 0 Å². The number of hydrogen-bond acceptors (Lipinski definition) is 3. The number of hydrogen-bond donors (Lipinski definition) is 1. The van der Waals surface area contributed by atoms with Crippen LogP contribution >= 0.6 is 0 Å². The third-order valence-corrected chi connectivity index (χ3v) is 2.57. The summed E-state index contributed by atoms with van der Waals surface area (Å²) in [6, 6.07) is 0. The molecule has 82 valence electrons. The number of carbonyl (C=O) groups excluding carboxylic acids is 1. The summed E-state index contributed by atoms with van der Waals surface area (Å²) in [5, 5.41) is 3.28. The molecule has 15 heavy (non-hydrogen) atoms. The van der Waals surface area contributed by atoms with Gasteiger partial charge in [0.25, 0.3) is 0 Å². The van der Waals surface area contributed by atoms with Crippen LogP contribution in [0.15, 0.2) is 18.7 Å². The van der Waals surface area contributed by atoms with E-state index in [1.165, 1.54) is 0 Å². The molecule has 0 atom stereocenters. The van der Waals surface area contributed by atoms with E-state index in [0.717, 1.165) is 32.6 Å². The van der Waals surface area contributed by atoms with Crippen LogP contribution in [-0.4, -0.2) is 46.5 Å². The highest BCUT2D eigenvalue weighted by molar-refractivity contribution is 5.76. The van der Waals surface area contributed by atoms with Crippen molar-refractivity contribution < 1.29 is 4.79 Å². The average molecular weight is 208 g/mol. The lowest BCUT2D eigenvalue weighted by Gasteiger charge is -2.19.